The third-order valence-corrected chi connectivity index (χ3v) is 8.77. The molecule has 4 unspecified atom stereocenters. The monoisotopic (exact) mass is 549 g/mol. The van der Waals surface area contributed by atoms with E-state index in [-0.39, 0.29) is 36.8 Å². The number of nitrogens with one attached hydrogen (secondary N) is 3. The molecule has 2 aliphatic carbocycles. The van der Waals surface area contributed by atoms with E-state index in [0.29, 0.717) is 37.4 Å². The van der Waals surface area contributed by atoms with Gasteiger partial charge in [-0.05, 0) is 68.4 Å². The number of carbonyl (C=O) groups excluding carboxylic acids is 3. The minimum absolute atomic E-state index is 0.0239. The number of rotatable bonds is 10. The van der Waals surface area contributed by atoms with Crippen LogP contribution in [0.5, 0.6) is 0 Å². The molecule has 3 amide bonds. The summed E-state index contributed by atoms with van der Waals surface area (Å²) in [6, 6.07) is 6.61. The van der Waals surface area contributed by atoms with Gasteiger partial charge in [0.25, 0.3) is 0 Å². The van der Waals surface area contributed by atoms with Gasteiger partial charge < -0.3 is 31.8 Å². The molecule has 216 valence electrons. The van der Waals surface area contributed by atoms with E-state index in [1.807, 2.05) is 36.4 Å². The lowest BCUT2D eigenvalue weighted by Crippen LogP contribution is -2.62. The summed E-state index contributed by atoms with van der Waals surface area (Å²) in [5.41, 5.74) is 5.83. The summed E-state index contributed by atoms with van der Waals surface area (Å²) >= 11 is 0. The Morgan fingerprint density at radius 1 is 1.23 bits per heavy atom. The van der Waals surface area contributed by atoms with Crippen molar-refractivity contribution in [1.29, 1.82) is 5.41 Å². The number of hydrogen-bond acceptors (Lipinski definition) is 6. The van der Waals surface area contributed by atoms with Crippen molar-refractivity contribution in [3.63, 3.8) is 0 Å². The van der Waals surface area contributed by atoms with Gasteiger partial charge in [0.1, 0.15) is 11.5 Å². The maximum absolute atomic E-state index is 14.1. The first-order chi connectivity index (χ1) is 19.0. The fourth-order valence-corrected chi connectivity index (χ4v) is 6.32. The number of amides is 3. The van der Waals surface area contributed by atoms with Gasteiger partial charge in [-0.25, -0.2) is 0 Å². The van der Waals surface area contributed by atoms with E-state index in [0.717, 1.165) is 24.0 Å². The van der Waals surface area contributed by atoms with Gasteiger partial charge in [0.2, 0.25) is 17.7 Å². The number of carbonyl (C=O) groups is 3. The van der Waals surface area contributed by atoms with Crippen LogP contribution in [0.2, 0.25) is 0 Å². The van der Waals surface area contributed by atoms with E-state index in [2.05, 4.69) is 22.8 Å². The van der Waals surface area contributed by atoms with Crippen molar-refractivity contribution in [3.05, 3.63) is 59.7 Å². The molecule has 9 heteroatoms. The van der Waals surface area contributed by atoms with E-state index >= 15 is 0 Å². The number of nitrogens with zero attached hydrogens (tertiary/aromatic N) is 1. The third kappa shape index (κ3) is 6.05. The molecule has 9 nitrogen and oxygen atoms in total. The lowest BCUT2D eigenvalue weighted by Gasteiger charge is -2.44. The van der Waals surface area contributed by atoms with Gasteiger partial charge in [-0.15, -0.1) is 0 Å². The van der Waals surface area contributed by atoms with Gasteiger partial charge >= 0.3 is 0 Å². The van der Waals surface area contributed by atoms with E-state index < -0.39 is 22.9 Å². The molecule has 1 aromatic carbocycles. The molecule has 0 bridgehead atoms. The van der Waals surface area contributed by atoms with Crippen LogP contribution in [0.25, 0.3) is 0 Å². The number of piperidine rings is 1. The average molecular weight is 550 g/mol. The van der Waals surface area contributed by atoms with Crippen LogP contribution in [-0.4, -0.2) is 65.2 Å². The first-order valence-electron chi connectivity index (χ1n) is 14.2. The number of aliphatic hydroxyl groups excluding tert-OH is 1. The largest absolute Gasteiger partial charge is 0.392 e. The fraction of sp³-hybridized carbons (Fsp3) is 0.548. The van der Waals surface area contributed by atoms with Crippen molar-refractivity contribution in [2.75, 3.05) is 20.1 Å². The molecule has 0 spiro atoms. The van der Waals surface area contributed by atoms with E-state index in [4.69, 9.17) is 11.1 Å². The highest BCUT2D eigenvalue weighted by Crippen LogP contribution is 2.58. The molecule has 40 heavy (non-hydrogen) atoms. The van der Waals surface area contributed by atoms with Crippen LogP contribution in [0.15, 0.2) is 48.6 Å². The second-order valence-electron chi connectivity index (χ2n) is 12.0. The summed E-state index contributed by atoms with van der Waals surface area (Å²) < 4.78 is 0. The zero-order valence-electron chi connectivity index (χ0n) is 23.8. The maximum Gasteiger partial charge on any atom is 0.245 e. The summed E-state index contributed by atoms with van der Waals surface area (Å²) in [4.78, 5) is 42.1. The molecule has 3 aliphatic rings. The van der Waals surface area contributed by atoms with Crippen LogP contribution < -0.4 is 16.4 Å². The predicted octanol–water partition coefficient (Wildman–Crippen LogP) is 2.09. The number of allylic oxidation sites excluding steroid dienone is 4. The minimum Gasteiger partial charge on any atom is -0.392 e. The maximum atomic E-state index is 14.1. The Hall–Kier alpha value is -3.30. The van der Waals surface area contributed by atoms with E-state index in [1.165, 1.54) is 0 Å². The molecule has 1 aliphatic heterocycles. The first-order valence-corrected chi connectivity index (χ1v) is 14.2. The van der Waals surface area contributed by atoms with Crippen molar-refractivity contribution in [3.8, 4) is 0 Å². The number of aliphatic hydroxyl groups is 1. The quantitative estimate of drug-likeness (QED) is 0.303. The fourth-order valence-electron chi connectivity index (χ4n) is 6.32. The lowest BCUT2D eigenvalue weighted by atomic mass is 9.71. The van der Waals surface area contributed by atoms with E-state index in [1.54, 1.807) is 25.8 Å². The number of aryl methyl sites for hydroxylation is 1. The van der Waals surface area contributed by atoms with Crippen molar-refractivity contribution in [2.24, 2.45) is 28.9 Å². The highest BCUT2D eigenvalue weighted by atomic mass is 16.3. The molecule has 4 rings (SSSR count). The van der Waals surface area contributed by atoms with Gasteiger partial charge in [0.15, 0.2) is 0 Å². The van der Waals surface area contributed by atoms with Gasteiger partial charge in [-0.2, -0.15) is 0 Å². The molecular weight excluding hydrogens is 506 g/mol. The molecule has 1 heterocycles. The summed E-state index contributed by atoms with van der Waals surface area (Å²) in [6.07, 6.45) is 11.2. The molecule has 1 saturated carbocycles. The van der Waals surface area contributed by atoms with Crippen LogP contribution in [-0.2, 0) is 27.4 Å². The Morgan fingerprint density at radius 2 is 1.95 bits per heavy atom. The van der Waals surface area contributed by atoms with Gasteiger partial charge in [-0.3, -0.25) is 14.4 Å². The lowest BCUT2D eigenvalue weighted by molar-refractivity contribution is -0.141. The molecule has 1 saturated heterocycles. The minimum atomic E-state index is -1.18. The smallest absolute Gasteiger partial charge is 0.245 e. The summed E-state index contributed by atoms with van der Waals surface area (Å²) in [7, 11) is 1.59. The summed E-state index contributed by atoms with van der Waals surface area (Å²) in [5.74, 6) is -0.374. The van der Waals surface area contributed by atoms with Crippen LogP contribution in [0.4, 0.5) is 0 Å². The Kier molecular flexibility index (Phi) is 8.95. The number of benzene rings is 1. The average Bonchev–Trinajstić information content (AvgIpc) is 3.76. The SMILES string of the molecule is CNC(=O)C1(C2CC2C2C=CC=CC2)CN(C(=O)[C@@H](CCc2ccccc2CO)NC(=O)C(C)(C)N)CCC1=N. The van der Waals surface area contributed by atoms with Crippen molar-refractivity contribution < 1.29 is 19.5 Å². The zero-order valence-corrected chi connectivity index (χ0v) is 23.8. The Labute approximate surface area is 236 Å². The van der Waals surface area contributed by atoms with Crippen molar-refractivity contribution in [1.82, 2.24) is 15.5 Å². The molecule has 6 N–H and O–H groups in total. The molecule has 0 radical (unpaired) electrons. The van der Waals surface area contributed by atoms with Crippen LogP contribution in [0, 0.1) is 28.6 Å². The second-order valence-corrected chi connectivity index (χ2v) is 12.0. The topological polar surface area (TPSA) is 149 Å². The standard InChI is InChI=1S/C31H43N5O4/c1-30(2,33)28(39)35-25(14-13-20-9-7-8-12-22(20)18-37)27(38)36-16-15-26(32)31(19-36,29(40)34-3)24-17-23(24)21-10-5-4-6-11-21/h4-10,12,21,23-25,32,37H,11,13-19,33H2,1-3H3,(H,34,40)(H,35,39)/t21?,23?,24?,25-,31?/m1/s1. The Balaban J connectivity index is 1.58. The van der Waals surface area contributed by atoms with Crippen LogP contribution in [0.3, 0.4) is 0 Å². The van der Waals surface area contributed by atoms with E-state index in [9.17, 15) is 19.5 Å². The summed E-state index contributed by atoms with van der Waals surface area (Å²) in [6.45, 7) is 3.49. The highest BCUT2D eigenvalue weighted by molar-refractivity contribution is 6.09. The number of hydrogen-bond donors (Lipinski definition) is 5. The molecule has 1 aromatic rings. The Morgan fingerprint density at radius 3 is 2.58 bits per heavy atom. The highest BCUT2D eigenvalue weighted by Gasteiger charge is 2.62. The number of likely N-dealkylation sites (tertiary alicyclic amines) is 1. The Bertz CT molecular complexity index is 1190. The van der Waals surface area contributed by atoms with Gasteiger partial charge in [0.05, 0.1) is 12.1 Å². The second kappa shape index (κ2) is 12.1. The first kappa shape index (κ1) is 29.7. The predicted molar refractivity (Wildman–Crippen MR) is 154 cm³/mol. The molecule has 2 fully saturated rings. The molecular formula is C31H43N5O4. The molecule has 0 aromatic heterocycles. The normalized spacial score (nSPS) is 26.8. The van der Waals surface area contributed by atoms with Gasteiger partial charge in [-0.1, -0.05) is 48.6 Å². The van der Waals surface area contributed by atoms with Crippen molar-refractivity contribution >= 4 is 23.4 Å². The number of nitrogens with two attached hydrogens (primary N) is 1. The van der Waals surface area contributed by atoms with Crippen LogP contribution >= 0.6 is 0 Å². The zero-order chi connectivity index (χ0) is 29.1. The van der Waals surface area contributed by atoms with Crippen LogP contribution in [0.1, 0.15) is 50.7 Å². The molecule has 5 atom stereocenters. The van der Waals surface area contributed by atoms with Gasteiger partial charge in [0, 0.05) is 32.3 Å². The van der Waals surface area contributed by atoms with Crippen molar-refractivity contribution in [2.45, 2.75) is 64.1 Å². The third-order valence-electron chi connectivity index (χ3n) is 8.77. The summed E-state index contributed by atoms with van der Waals surface area (Å²) in [5, 5.41) is 24.3.